The third-order valence-electron chi connectivity index (χ3n) is 2.94. The fourth-order valence-corrected chi connectivity index (χ4v) is 2.63. The number of hydrogen-bond donors (Lipinski definition) is 1. The highest BCUT2D eigenvalue weighted by atomic mass is 32.1. The third kappa shape index (κ3) is 4.34. The maximum Gasteiger partial charge on any atom is 0.125 e. The molecule has 0 aliphatic rings. The van der Waals surface area contributed by atoms with Gasteiger partial charge in [0, 0.05) is 24.1 Å². The molecule has 0 saturated carbocycles. The molecule has 0 aliphatic heterocycles. The van der Waals surface area contributed by atoms with Gasteiger partial charge in [0.1, 0.15) is 10.6 Å². The molecule has 3 nitrogen and oxygen atoms in total. The second-order valence-corrected chi connectivity index (χ2v) is 6.62. The van der Waals surface area contributed by atoms with E-state index in [0.717, 1.165) is 30.3 Å². The Morgan fingerprint density at radius 1 is 1.28 bits per heavy atom. The highest BCUT2D eigenvalue weighted by molar-refractivity contribution is 7.09. The van der Waals surface area contributed by atoms with Crippen molar-refractivity contribution in [1.82, 2.24) is 10.3 Å². The standard InChI is InChI=1S/C14H26N2OS/c1-7-14(6,17-8-2)12-16-11(10-18-12)9-15-13(3,4)5/h10,15H,7-9H2,1-6H3. The minimum Gasteiger partial charge on any atom is -0.368 e. The maximum atomic E-state index is 5.85. The van der Waals surface area contributed by atoms with Crippen LogP contribution < -0.4 is 5.32 Å². The van der Waals surface area contributed by atoms with Crippen molar-refractivity contribution in [1.29, 1.82) is 0 Å². The Balaban J connectivity index is 2.73. The normalized spacial score (nSPS) is 15.7. The van der Waals surface area contributed by atoms with Crippen LogP contribution in [0.15, 0.2) is 5.38 Å². The second-order valence-electron chi connectivity index (χ2n) is 5.76. The van der Waals surface area contributed by atoms with Crippen molar-refractivity contribution in [2.45, 2.75) is 65.6 Å². The quantitative estimate of drug-likeness (QED) is 0.856. The number of aromatic nitrogens is 1. The fourth-order valence-electron chi connectivity index (χ4n) is 1.62. The fraction of sp³-hybridized carbons (Fsp3) is 0.786. The summed E-state index contributed by atoms with van der Waals surface area (Å²) in [6.07, 6.45) is 0.945. The van der Waals surface area contributed by atoms with E-state index in [1.165, 1.54) is 0 Å². The van der Waals surface area contributed by atoms with E-state index in [1.807, 2.05) is 6.92 Å². The van der Waals surface area contributed by atoms with Gasteiger partial charge in [0.2, 0.25) is 0 Å². The molecule has 1 N–H and O–H groups in total. The smallest absolute Gasteiger partial charge is 0.125 e. The van der Waals surface area contributed by atoms with Crippen molar-refractivity contribution >= 4 is 11.3 Å². The van der Waals surface area contributed by atoms with Crippen molar-refractivity contribution in [3.05, 3.63) is 16.1 Å². The zero-order chi connectivity index (χ0) is 13.8. The van der Waals surface area contributed by atoms with Crippen LogP contribution in [0.5, 0.6) is 0 Å². The van der Waals surface area contributed by atoms with Crippen LogP contribution in [-0.4, -0.2) is 17.1 Å². The first-order valence-corrected chi connectivity index (χ1v) is 7.52. The Morgan fingerprint density at radius 3 is 2.44 bits per heavy atom. The lowest BCUT2D eigenvalue weighted by Gasteiger charge is -2.25. The van der Waals surface area contributed by atoms with Crippen molar-refractivity contribution in [3.8, 4) is 0 Å². The van der Waals surface area contributed by atoms with Gasteiger partial charge in [0.15, 0.2) is 0 Å². The van der Waals surface area contributed by atoms with E-state index in [2.05, 4.69) is 45.3 Å². The third-order valence-corrected chi connectivity index (χ3v) is 4.08. The number of rotatable bonds is 6. The highest BCUT2D eigenvalue weighted by Crippen LogP contribution is 2.31. The molecule has 1 rings (SSSR count). The van der Waals surface area contributed by atoms with Crippen LogP contribution in [0.25, 0.3) is 0 Å². The van der Waals surface area contributed by atoms with E-state index in [4.69, 9.17) is 9.72 Å². The van der Waals surface area contributed by atoms with Gasteiger partial charge in [-0.15, -0.1) is 11.3 Å². The summed E-state index contributed by atoms with van der Waals surface area (Å²) in [6.45, 7) is 14.3. The Labute approximate surface area is 115 Å². The highest BCUT2D eigenvalue weighted by Gasteiger charge is 2.28. The number of hydrogen-bond acceptors (Lipinski definition) is 4. The molecule has 0 bridgehead atoms. The Kier molecular flexibility index (Phi) is 5.32. The molecule has 0 aromatic carbocycles. The molecule has 1 unspecified atom stereocenters. The van der Waals surface area contributed by atoms with E-state index < -0.39 is 0 Å². The molecule has 4 heteroatoms. The molecule has 1 aromatic rings. The van der Waals surface area contributed by atoms with Crippen LogP contribution >= 0.6 is 11.3 Å². The topological polar surface area (TPSA) is 34.1 Å². The SMILES string of the molecule is CCOC(C)(CC)c1nc(CNC(C)(C)C)cs1. The summed E-state index contributed by atoms with van der Waals surface area (Å²) in [5, 5.41) is 6.66. The molecule has 104 valence electrons. The van der Waals surface area contributed by atoms with Gasteiger partial charge >= 0.3 is 0 Å². The average molecular weight is 270 g/mol. The first-order valence-electron chi connectivity index (χ1n) is 6.64. The maximum absolute atomic E-state index is 5.85. The molecule has 0 radical (unpaired) electrons. The zero-order valence-corrected chi connectivity index (χ0v) is 13.3. The molecule has 18 heavy (non-hydrogen) atoms. The monoisotopic (exact) mass is 270 g/mol. The van der Waals surface area contributed by atoms with Gasteiger partial charge in [0.05, 0.1) is 5.69 Å². The molecular formula is C14H26N2OS. The van der Waals surface area contributed by atoms with Crippen molar-refractivity contribution in [2.75, 3.05) is 6.61 Å². The molecule has 1 atom stereocenters. The average Bonchev–Trinajstić information content (AvgIpc) is 2.75. The van der Waals surface area contributed by atoms with Gasteiger partial charge in [-0.1, -0.05) is 6.92 Å². The molecule has 0 aliphatic carbocycles. The van der Waals surface area contributed by atoms with Crippen LogP contribution in [0, 0.1) is 0 Å². The number of ether oxygens (including phenoxy) is 1. The van der Waals surface area contributed by atoms with Crippen molar-refractivity contribution < 1.29 is 4.74 Å². The molecular weight excluding hydrogens is 244 g/mol. The lowest BCUT2D eigenvalue weighted by molar-refractivity contribution is -0.0325. The molecule has 0 saturated heterocycles. The molecule has 0 spiro atoms. The largest absolute Gasteiger partial charge is 0.368 e. The van der Waals surface area contributed by atoms with E-state index in [-0.39, 0.29) is 11.1 Å². The zero-order valence-electron chi connectivity index (χ0n) is 12.5. The Hall–Kier alpha value is -0.450. The number of thiazole rings is 1. The van der Waals surface area contributed by atoms with Gasteiger partial charge in [0.25, 0.3) is 0 Å². The van der Waals surface area contributed by atoms with Crippen LogP contribution in [0.3, 0.4) is 0 Å². The summed E-state index contributed by atoms with van der Waals surface area (Å²) < 4.78 is 5.85. The van der Waals surface area contributed by atoms with Gasteiger partial charge in [-0.05, 0) is 41.0 Å². The first kappa shape index (κ1) is 15.6. The summed E-state index contributed by atoms with van der Waals surface area (Å²) in [7, 11) is 0. The molecule has 1 heterocycles. The van der Waals surface area contributed by atoms with Crippen LogP contribution in [0.4, 0.5) is 0 Å². The summed E-state index contributed by atoms with van der Waals surface area (Å²) in [6, 6.07) is 0. The summed E-state index contributed by atoms with van der Waals surface area (Å²) in [4.78, 5) is 4.71. The van der Waals surface area contributed by atoms with E-state index in [0.29, 0.717) is 0 Å². The Bertz CT molecular complexity index is 370. The second kappa shape index (κ2) is 6.13. The van der Waals surface area contributed by atoms with Gasteiger partial charge < -0.3 is 10.1 Å². The van der Waals surface area contributed by atoms with Gasteiger partial charge in [-0.2, -0.15) is 0 Å². The predicted molar refractivity (Wildman–Crippen MR) is 78.0 cm³/mol. The predicted octanol–water partition coefficient (Wildman–Crippen LogP) is 3.69. The minimum absolute atomic E-state index is 0.123. The Morgan fingerprint density at radius 2 is 1.94 bits per heavy atom. The number of nitrogens with zero attached hydrogens (tertiary/aromatic N) is 1. The number of nitrogens with one attached hydrogen (secondary N) is 1. The molecule has 0 fully saturated rings. The molecule has 1 aromatic heterocycles. The minimum atomic E-state index is -0.237. The van der Waals surface area contributed by atoms with Crippen LogP contribution in [0.2, 0.25) is 0 Å². The lowest BCUT2D eigenvalue weighted by atomic mass is 10.0. The van der Waals surface area contributed by atoms with Crippen LogP contribution in [-0.2, 0) is 16.9 Å². The molecule has 0 amide bonds. The summed E-state index contributed by atoms with van der Waals surface area (Å²) in [5.41, 5.74) is 0.987. The lowest BCUT2D eigenvalue weighted by Crippen LogP contribution is -2.35. The van der Waals surface area contributed by atoms with E-state index in [9.17, 15) is 0 Å². The van der Waals surface area contributed by atoms with Crippen molar-refractivity contribution in [2.24, 2.45) is 0 Å². The first-order chi connectivity index (χ1) is 8.30. The van der Waals surface area contributed by atoms with E-state index >= 15 is 0 Å². The summed E-state index contributed by atoms with van der Waals surface area (Å²) in [5.74, 6) is 0. The van der Waals surface area contributed by atoms with Crippen molar-refractivity contribution in [3.63, 3.8) is 0 Å². The van der Waals surface area contributed by atoms with Crippen LogP contribution in [0.1, 0.15) is 58.7 Å². The summed E-state index contributed by atoms with van der Waals surface area (Å²) >= 11 is 1.70. The van der Waals surface area contributed by atoms with E-state index in [1.54, 1.807) is 11.3 Å². The van der Waals surface area contributed by atoms with Gasteiger partial charge in [-0.25, -0.2) is 4.98 Å². The van der Waals surface area contributed by atoms with Gasteiger partial charge in [-0.3, -0.25) is 0 Å².